The molecule has 0 aliphatic heterocycles. The maximum absolute atomic E-state index is 12.1. The van der Waals surface area contributed by atoms with Crippen LogP contribution in [0.1, 0.15) is 21.6 Å². The van der Waals surface area contributed by atoms with Gasteiger partial charge >= 0.3 is 0 Å². The number of aromatic nitrogens is 2. The molecule has 2 aromatic heterocycles. The zero-order chi connectivity index (χ0) is 14.0. The van der Waals surface area contributed by atoms with Crippen LogP contribution in [-0.4, -0.2) is 15.9 Å². The summed E-state index contributed by atoms with van der Waals surface area (Å²) in [4.78, 5) is 20.1. The van der Waals surface area contributed by atoms with Gasteiger partial charge < -0.3 is 11.1 Å². The Kier molecular flexibility index (Phi) is 3.66. The molecular formula is C13H13ClN4O. The van der Waals surface area contributed by atoms with Crippen LogP contribution in [0.2, 0.25) is 5.02 Å². The van der Waals surface area contributed by atoms with E-state index in [-0.39, 0.29) is 22.3 Å². The van der Waals surface area contributed by atoms with Crippen molar-refractivity contribution < 1.29 is 4.79 Å². The van der Waals surface area contributed by atoms with Crippen LogP contribution in [-0.2, 0) is 0 Å². The minimum absolute atomic E-state index is 0.239. The van der Waals surface area contributed by atoms with Crippen molar-refractivity contribution in [2.24, 2.45) is 0 Å². The Labute approximate surface area is 115 Å². The van der Waals surface area contributed by atoms with Crippen molar-refractivity contribution in [3.63, 3.8) is 0 Å². The van der Waals surface area contributed by atoms with E-state index < -0.39 is 0 Å². The molecule has 19 heavy (non-hydrogen) atoms. The van der Waals surface area contributed by atoms with Crippen LogP contribution in [0.15, 0.2) is 24.4 Å². The van der Waals surface area contributed by atoms with Crippen LogP contribution in [0, 0.1) is 13.8 Å². The number of nitrogen functional groups attached to an aromatic ring is 1. The number of nitrogens with zero attached hydrogens (tertiary/aromatic N) is 2. The molecule has 0 fully saturated rings. The molecule has 3 N–H and O–H groups in total. The summed E-state index contributed by atoms with van der Waals surface area (Å²) < 4.78 is 0. The van der Waals surface area contributed by atoms with Gasteiger partial charge in [0.15, 0.2) is 0 Å². The normalized spacial score (nSPS) is 10.3. The van der Waals surface area contributed by atoms with Gasteiger partial charge in [-0.15, -0.1) is 0 Å². The third-order valence-electron chi connectivity index (χ3n) is 2.46. The first kappa shape index (κ1) is 13.3. The molecule has 2 rings (SSSR count). The summed E-state index contributed by atoms with van der Waals surface area (Å²) in [5.41, 5.74) is 7.66. The van der Waals surface area contributed by atoms with Crippen LogP contribution in [0.3, 0.4) is 0 Å². The molecule has 6 heteroatoms. The van der Waals surface area contributed by atoms with Crippen LogP contribution >= 0.6 is 11.6 Å². The topological polar surface area (TPSA) is 80.9 Å². The summed E-state index contributed by atoms with van der Waals surface area (Å²) >= 11 is 5.92. The Morgan fingerprint density at radius 1 is 1.32 bits per heavy atom. The predicted octanol–water partition coefficient (Wildman–Crippen LogP) is 2.58. The van der Waals surface area contributed by atoms with E-state index in [1.165, 1.54) is 12.3 Å². The van der Waals surface area contributed by atoms with Crippen LogP contribution in [0.5, 0.6) is 0 Å². The number of carbonyl (C=O) groups is 1. The van der Waals surface area contributed by atoms with E-state index in [9.17, 15) is 4.79 Å². The van der Waals surface area contributed by atoms with E-state index in [4.69, 9.17) is 17.3 Å². The van der Waals surface area contributed by atoms with Gasteiger partial charge in [-0.25, -0.2) is 9.97 Å². The number of carbonyl (C=O) groups excluding carboxylic acids is 1. The van der Waals surface area contributed by atoms with Crippen molar-refractivity contribution in [1.82, 2.24) is 9.97 Å². The number of halogens is 1. The van der Waals surface area contributed by atoms with Crippen molar-refractivity contribution in [3.05, 3.63) is 46.2 Å². The molecule has 0 saturated heterocycles. The van der Waals surface area contributed by atoms with Gasteiger partial charge in [-0.2, -0.15) is 0 Å². The van der Waals surface area contributed by atoms with E-state index in [1.807, 2.05) is 19.9 Å². The lowest BCUT2D eigenvalue weighted by Gasteiger charge is -2.08. The van der Waals surface area contributed by atoms with Crippen LogP contribution in [0.4, 0.5) is 11.6 Å². The van der Waals surface area contributed by atoms with Crippen molar-refractivity contribution in [2.45, 2.75) is 13.8 Å². The molecule has 0 unspecified atom stereocenters. The molecule has 2 aromatic rings. The average Bonchev–Trinajstić information content (AvgIpc) is 2.30. The number of hydrogen-bond donors (Lipinski definition) is 2. The standard InChI is InChI=1S/C13H13ClN4O/c1-7-3-8(2)17-12(4-7)18-13(19)9-5-11(15)16-6-10(9)14/h3-6H,1-2H3,(H2,15,16)(H,17,18,19). The lowest BCUT2D eigenvalue weighted by atomic mass is 10.2. The Morgan fingerprint density at radius 3 is 2.74 bits per heavy atom. The molecule has 5 nitrogen and oxygen atoms in total. The molecule has 98 valence electrons. The molecule has 0 atom stereocenters. The molecule has 0 spiro atoms. The smallest absolute Gasteiger partial charge is 0.258 e. The molecule has 0 radical (unpaired) electrons. The Balaban J connectivity index is 2.28. The van der Waals surface area contributed by atoms with E-state index in [2.05, 4.69) is 15.3 Å². The fourth-order valence-electron chi connectivity index (χ4n) is 1.72. The number of nitrogens with one attached hydrogen (secondary N) is 1. The highest BCUT2D eigenvalue weighted by Crippen LogP contribution is 2.18. The summed E-state index contributed by atoms with van der Waals surface area (Å²) in [6.07, 6.45) is 1.35. The summed E-state index contributed by atoms with van der Waals surface area (Å²) in [5.74, 6) is 0.355. The fraction of sp³-hybridized carbons (Fsp3) is 0.154. The lowest BCUT2D eigenvalue weighted by molar-refractivity contribution is 0.102. The molecule has 2 heterocycles. The second kappa shape index (κ2) is 5.24. The summed E-state index contributed by atoms with van der Waals surface area (Å²) in [6, 6.07) is 5.14. The molecule has 0 aliphatic rings. The minimum Gasteiger partial charge on any atom is -0.384 e. The monoisotopic (exact) mass is 276 g/mol. The fourth-order valence-corrected chi connectivity index (χ4v) is 1.91. The zero-order valence-corrected chi connectivity index (χ0v) is 11.3. The third kappa shape index (κ3) is 3.20. The zero-order valence-electron chi connectivity index (χ0n) is 10.6. The summed E-state index contributed by atoms with van der Waals surface area (Å²) in [6.45, 7) is 3.79. The number of nitrogens with two attached hydrogens (primary N) is 1. The number of aryl methyl sites for hydroxylation is 2. The predicted molar refractivity (Wildman–Crippen MR) is 75.3 cm³/mol. The Bertz CT molecular complexity index is 622. The SMILES string of the molecule is Cc1cc(C)nc(NC(=O)c2cc(N)ncc2Cl)c1. The van der Waals surface area contributed by atoms with Crippen LogP contribution < -0.4 is 11.1 Å². The third-order valence-corrected chi connectivity index (χ3v) is 2.76. The van der Waals surface area contributed by atoms with E-state index in [0.29, 0.717) is 5.82 Å². The first-order chi connectivity index (χ1) is 8.95. The van der Waals surface area contributed by atoms with Gasteiger partial charge in [0.05, 0.1) is 10.6 Å². The maximum atomic E-state index is 12.1. The van der Waals surface area contributed by atoms with Gasteiger partial charge in [0.25, 0.3) is 5.91 Å². The second-order valence-corrected chi connectivity index (χ2v) is 4.62. The number of anilines is 2. The highest BCUT2D eigenvalue weighted by Gasteiger charge is 2.12. The van der Waals surface area contributed by atoms with Crippen LogP contribution in [0.25, 0.3) is 0 Å². The van der Waals surface area contributed by atoms with Gasteiger partial charge in [-0.05, 0) is 37.6 Å². The van der Waals surface area contributed by atoms with Crippen molar-refractivity contribution in [3.8, 4) is 0 Å². The Morgan fingerprint density at radius 2 is 2.05 bits per heavy atom. The van der Waals surface area contributed by atoms with Gasteiger partial charge in [0, 0.05) is 11.9 Å². The average molecular weight is 277 g/mol. The van der Waals surface area contributed by atoms with Crippen molar-refractivity contribution >= 4 is 29.1 Å². The number of hydrogen-bond acceptors (Lipinski definition) is 4. The maximum Gasteiger partial charge on any atom is 0.258 e. The number of rotatable bonds is 2. The molecular weight excluding hydrogens is 264 g/mol. The summed E-state index contributed by atoms with van der Waals surface area (Å²) in [7, 11) is 0. The number of pyridine rings is 2. The molecule has 0 aromatic carbocycles. The number of amides is 1. The van der Waals surface area contributed by atoms with Gasteiger partial charge in [-0.3, -0.25) is 4.79 Å². The Hall–Kier alpha value is -2.14. The van der Waals surface area contributed by atoms with Gasteiger partial charge in [-0.1, -0.05) is 11.6 Å². The lowest BCUT2D eigenvalue weighted by Crippen LogP contribution is -2.14. The molecule has 0 saturated carbocycles. The quantitative estimate of drug-likeness (QED) is 0.883. The van der Waals surface area contributed by atoms with Gasteiger partial charge in [0.2, 0.25) is 0 Å². The highest BCUT2D eigenvalue weighted by atomic mass is 35.5. The van der Waals surface area contributed by atoms with Gasteiger partial charge in [0.1, 0.15) is 11.6 Å². The van der Waals surface area contributed by atoms with E-state index in [0.717, 1.165) is 11.3 Å². The largest absolute Gasteiger partial charge is 0.384 e. The van der Waals surface area contributed by atoms with E-state index in [1.54, 1.807) is 6.07 Å². The van der Waals surface area contributed by atoms with E-state index >= 15 is 0 Å². The van der Waals surface area contributed by atoms with Crippen molar-refractivity contribution in [2.75, 3.05) is 11.1 Å². The second-order valence-electron chi connectivity index (χ2n) is 4.21. The molecule has 0 aliphatic carbocycles. The summed E-state index contributed by atoms with van der Waals surface area (Å²) in [5, 5.41) is 2.94. The molecule has 0 bridgehead atoms. The first-order valence-corrected chi connectivity index (χ1v) is 6.01. The van der Waals surface area contributed by atoms with Crippen molar-refractivity contribution in [1.29, 1.82) is 0 Å². The minimum atomic E-state index is -0.364. The molecule has 1 amide bonds. The highest BCUT2D eigenvalue weighted by molar-refractivity contribution is 6.34. The first-order valence-electron chi connectivity index (χ1n) is 5.63.